The van der Waals surface area contributed by atoms with Gasteiger partial charge in [-0.15, -0.1) is 0 Å². The molecule has 0 saturated carbocycles. The van der Waals surface area contributed by atoms with Crippen LogP contribution in [-0.2, 0) is 4.74 Å². The number of nitrogens with zero attached hydrogens (tertiary/aromatic N) is 1. The van der Waals surface area contributed by atoms with E-state index in [1.165, 1.54) is 13.0 Å². The van der Waals surface area contributed by atoms with Crippen molar-refractivity contribution in [3.05, 3.63) is 33.4 Å². The third kappa shape index (κ3) is 3.22. The molecule has 1 aliphatic rings. The molecule has 1 fully saturated rings. The SMILES string of the molecule is Cc1c(C(=O)C(F)(F)F)c2cc(Cl)c(Cl)cc2n1[C@@H]1O[C@H](CO)C(O)[C@@H]1O. The van der Waals surface area contributed by atoms with E-state index in [0.717, 1.165) is 10.6 Å². The lowest BCUT2D eigenvalue weighted by Crippen LogP contribution is -2.33. The van der Waals surface area contributed by atoms with Crippen molar-refractivity contribution in [2.75, 3.05) is 6.61 Å². The van der Waals surface area contributed by atoms with Crippen LogP contribution in [0.25, 0.3) is 10.9 Å². The van der Waals surface area contributed by atoms with Crippen molar-refractivity contribution < 1.29 is 38.0 Å². The number of ether oxygens (including phenoxy) is 1. The Morgan fingerprint density at radius 1 is 1.22 bits per heavy atom. The third-order valence-corrected chi connectivity index (χ3v) is 5.27. The number of benzene rings is 1. The number of alkyl halides is 3. The predicted octanol–water partition coefficient (Wildman–Crippen LogP) is 2.61. The molecule has 11 heteroatoms. The van der Waals surface area contributed by atoms with Crippen LogP contribution in [0, 0.1) is 6.92 Å². The number of halogens is 5. The molecule has 2 aromatic rings. The Morgan fingerprint density at radius 3 is 2.33 bits per heavy atom. The number of fused-ring (bicyclic) bond motifs is 1. The highest BCUT2D eigenvalue weighted by Gasteiger charge is 2.47. The van der Waals surface area contributed by atoms with E-state index < -0.39 is 48.7 Å². The molecule has 3 rings (SSSR count). The van der Waals surface area contributed by atoms with Gasteiger partial charge in [-0.2, -0.15) is 13.2 Å². The fraction of sp³-hybridized carbons (Fsp3) is 0.438. The van der Waals surface area contributed by atoms with E-state index in [-0.39, 0.29) is 26.6 Å². The molecule has 4 atom stereocenters. The maximum absolute atomic E-state index is 13.1. The molecule has 1 aliphatic heterocycles. The average molecular weight is 428 g/mol. The molecule has 1 aromatic carbocycles. The molecule has 3 N–H and O–H groups in total. The Hall–Kier alpha value is -1.36. The first-order valence-electron chi connectivity index (χ1n) is 7.72. The highest BCUT2D eigenvalue weighted by atomic mass is 35.5. The number of aromatic nitrogens is 1. The van der Waals surface area contributed by atoms with Crippen LogP contribution in [0.2, 0.25) is 10.0 Å². The second-order valence-electron chi connectivity index (χ2n) is 6.17. The van der Waals surface area contributed by atoms with E-state index in [2.05, 4.69) is 0 Å². The van der Waals surface area contributed by atoms with Crippen molar-refractivity contribution in [3.8, 4) is 0 Å². The summed E-state index contributed by atoms with van der Waals surface area (Å²) in [5.74, 6) is -2.09. The first kappa shape index (κ1) is 20.4. The third-order valence-electron chi connectivity index (χ3n) is 4.55. The molecule has 148 valence electrons. The van der Waals surface area contributed by atoms with Gasteiger partial charge in [0.2, 0.25) is 0 Å². The van der Waals surface area contributed by atoms with Crippen molar-refractivity contribution >= 4 is 39.9 Å². The molecule has 0 radical (unpaired) electrons. The molecule has 0 aliphatic carbocycles. The molecule has 0 amide bonds. The first-order chi connectivity index (χ1) is 12.5. The molecule has 2 heterocycles. The zero-order valence-electron chi connectivity index (χ0n) is 13.7. The lowest BCUT2D eigenvalue weighted by Gasteiger charge is -2.20. The number of carbonyl (C=O) groups excluding carboxylic acids is 1. The van der Waals surface area contributed by atoms with Gasteiger partial charge in [-0.1, -0.05) is 23.2 Å². The number of aliphatic hydroxyl groups is 3. The minimum Gasteiger partial charge on any atom is -0.394 e. The van der Waals surface area contributed by atoms with Crippen LogP contribution in [0.1, 0.15) is 22.3 Å². The van der Waals surface area contributed by atoms with E-state index >= 15 is 0 Å². The molecule has 6 nitrogen and oxygen atoms in total. The maximum Gasteiger partial charge on any atom is 0.454 e. The van der Waals surface area contributed by atoms with Crippen LogP contribution in [-0.4, -0.2) is 56.8 Å². The molecule has 1 aromatic heterocycles. The number of ketones is 1. The topological polar surface area (TPSA) is 91.9 Å². The normalized spacial score (nSPS) is 26.1. The second-order valence-corrected chi connectivity index (χ2v) is 6.98. The summed E-state index contributed by atoms with van der Waals surface area (Å²) in [6.45, 7) is 0.628. The molecule has 0 bridgehead atoms. The van der Waals surface area contributed by atoms with Gasteiger partial charge in [-0.25, -0.2) is 0 Å². The predicted molar refractivity (Wildman–Crippen MR) is 90.1 cm³/mol. The number of carbonyl (C=O) groups is 1. The van der Waals surface area contributed by atoms with Crippen LogP contribution in [0.15, 0.2) is 12.1 Å². The number of hydrogen-bond donors (Lipinski definition) is 3. The zero-order valence-corrected chi connectivity index (χ0v) is 15.2. The van der Waals surface area contributed by atoms with Gasteiger partial charge in [0.15, 0.2) is 6.23 Å². The number of hydrogen-bond acceptors (Lipinski definition) is 5. The van der Waals surface area contributed by atoms with E-state index in [0.29, 0.717) is 0 Å². The zero-order chi connectivity index (χ0) is 20.3. The minimum atomic E-state index is -5.14. The number of rotatable bonds is 3. The summed E-state index contributed by atoms with van der Waals surface area (Å²) in [6, 6.07) is 2.37. The Bertz CT molecular complexity index is 914. The quantitative estimate of drug-likeness (QED) is 0.654. The van der Waals surface area contributed by atoms with Crippen LogP contribution in [0.4, 0.5) is 13.2 Å². The lowest BCUT2D eigenvalue weighted by atomic mass is 10.1. The van der Waals surface area contributed by atoms with Gasteiger partial charge in [0, 0.05) is 11.1 Å². The van der Waals surface area contributed by atoms with Gasteiger partial charge in [-0.05, 0) is 19.1 Å². The van der Waals surface area contributed by atoms with Gasteiger partial charge in [0.1, 0.15) is 18.3 Å². The first-order valence-corrected chi connectivity index (χ1v) is 8.48. The second kappa shape index (κ2) is 6.91. The monoisotopic (exact) mass is 427 g/mol. The summed E-state index contributed by atoms with van der Waals surface area (Å²) in [6.07, 6.45) is -10.7. The summed E-state index contributed by atoms with van der Waals surface area (Å²) in [5, 5.41) is 29.3. The number of aliphatic hydroxyl groups excluding tert-OH is 3. The molecular weight excluding hydrogens is 414 g/mol. The van der Waals surface area contributed by atoms with E-state index in [9.17, 15) is 33.3 Å². The van der Waals surface area contributed by atoms with Gasteiger partial charge in [0.05, 0.1) is 27.7 Å². The van der Waals surface area contributed by atoms with Gasteiger partial charge >= 0.3 is 6.18 Å². The van der Waals surface area contributed by atoms with Crippen LogP contribution in [0.3, 0.4) is 0 Å². The smallest absolute Gasteiger partial charge is 0.394 e. The summed E-state index contributed by atoms with van der Waals surface area (Å²) >= 11 is 11.9. The van der Waals surface area contributed by atoms with Crippen molar-refractivity contribution in [2.24, 2.45) is 0 Å². The van der Waals surface area contributed by atoms with Crippen molar-refractivity contribution in [1.29, 1.82) is 0 Å². The molecule has 1 unspecified atom stereocenters. The number of Topliss-reactive ketones (excluding diaryl/α,β-unsaturated/α-hetero) is 1. The summed E-state index contributed by atoms with van der Waals surface area (Å²) < 4.78 is 45.8. The Labute approximate surface area is 160 Å². The summed E-state index contributed by atoms with van der Waals surface area (Å²) in [4.78, 5) is 12.0. The van der Waals surface area contributed by atoms with Gasteiger partial charge in [-0.3, -0.25) is 4.79 Å². The summed E-state index contributed by atoms with van der Waals surface area (Å²) in [5.41, 5.74) is -0.751. The lowest BCUT2D eigenvalue weighted by molar-refractivity contribution is -0.0885. The molecule has 1 saturated heterocycles. The van der Waals surface area contributed by atoms with E-state index in [1.54, 1.807) is 0 Å². The van der Waals surface area contributed by atoms with Crippen molar-refractivity contribution in [2.45, 2.75) is 37.6 Å². The van der Waals surface area contributed by atoms with Crippen molar-refractivity contribution in [3.63, 3.8) is 0 Å². The Balaban J connectivity index is 2.29. The van der Waals surface area contributed by atoms with Crippen LogP contribution in [0.5, 0.6) is 0 Å². The molecular formula is C16H14Cl2F3NO5. The fourth-order valence-corrected chi connectivity index (χ4v) is 3.60. The van der Waals surface area contributed by atoms with Crippen LogP contribution >= 0.6 is 23.2 Å². The highest BCUT2D eigenvalue weighted by molar-refractivity contribution is 6.43. The average Bonchev–Trinajstić information content (AvgIpc) is 3.01. The van der Waals surface area contributed by atoms with Crippen molar-refractivity contribution in [1.82, 2.24) is 4.57 Å². The van der Waals surface area contributed by atoms with Gasteiger partial charge < -0.3 is 24.6 Å². The van der Waals surface area contributed by atoms with Gasteiger partial charge in [0.25, 0.3) is 5.78 Å². The fourth-order valence-electron chi connectivity index (χ4n) is 3.28. The maximum atomic E-state index is 13.1. The Kier molecular flexibility index (Phi) is 5.21. The standard InChI is InChI=1S/C16H14Cl2F3NO5/c1-5-11(14(26)16(19,20)21)6-2-7(17)8(18)3-9(6)22(5)15-13(25)12(24)10(4-23)27-15/h2-3,10,12-13,15,23-25H,4H2,1H3/t10-,12?,13+,15-/m1/s1. The largest absolute Gasteiger partial charge is 0.454 e. The van der Waals surface area contributed by atoms with E-state index in [4.69, 9.17) is 27.9 Å². The molecule has 27 heavy (non-hydrogen) atoms. The molecule has 0 spiro atoms. The highest BCUT2D eigenvalue weighted by Crippen LogP contribution is 2.40. The summed E-state index contributed by atoms with van der Waals surface area (Å²) in [7, 11) is 0. The van der Waals surface area contributed by atoms with E-state index in [1.807, 2.05) is 0 Å². The minimum absolute atomic E-state index is 0.0145. The Morgan fingerprint density at radius 2 is 1.81 bits per heavy atom. The van der Waals surface area contributed by atoms with Crippen LogP contribution < -0.4 is 0 Å².